The quantitative estimate of drug-likeness (QED) is 0.779. The molecule has 0 aliphatic carbocycles. The molecule has 1 aliphatic heterocycles. The van der Waals surface area contributed by atoms with Crippen LogP contribution in [0, 0.1) is 17.7 Å². The number of piperidine rings is 1. The Balaban J connectivity index is 2.12. The lowest BCUT2D eigenvalue weighted by Crippen LogP contribution is -2.45. The Bertz CT molecular complexity index is 421. The fraction of sp³-hybridized carbons (Fsp3) is 0.600. The normalized spacial score (nSPS) is 29.5. The zero-order chi connectivity index (χ0) is 13.3. The maximum atomic E-state index is 13.1. The van der Waals surface area contributed by atoms with Gasteiger partial charge in [0, 0.05) is 23.6 Å². The minimum absolute atomic E-state index is 0.181. The molecular weight excluding hydrogens is 293 g/mol. The molecule has 3 heteroatoms. The maximum absolute atomic E-state index is 13.1. The van der Waals surface area contributed by atoms with E-state index in [1.54, 1.807) is 12.1 Å². The number of hydrogen-bond donors (Lipinski definition) is 0. The monoisotopic (exact) mass is 313 g/mol. The highest BCUT2D eigenvalue weighted by Crippen LogP contribution is 2.29. The second-order valence-electron chi connectivity index (χ2n) is 5.72. The van der Waals surface area contributed by atoms with Crippen LogP contribution in [0.15, 0.2) is 22.7 Å². The van der Waals surface area contributed by atoms with Crippen LogP contribution in [0.4, 0.5) is 4.39 Å². The van der Waals surface area contributed by atoms with Crippen molar-refractivity contribution in [2.45, 2.75) is 39.8 Å². The molecule has 0 N–H and O–H groups in total. The molecule has 1 fully saturated rings. The summed E-state index contributed by atoms with van der Waals surface area (Å²) < 4.78 is 14.0. The van der Waals surface area contributed by atoms with Crippen molar-refractivity contribution in [3.63, 3.8) is 0 Å². The number of nitrogens with zero attached hydrogens (tertiary/aromatic N) is 1. The Kier molecular flexibility index (Phi) is 4.44. The summed E-state index contributed by atoms with van der Waals surface area (Å²) in [6, 6.07) is 5.58. The molecule has 3 atom stereocenters. The molecule has 18 heavy (non-hydrogen) atoms. The van der Waals surface area contributed by atoms with E-state index >= 15 is 0 Å². The first-order valence-electron chi connectivity index (χ1n) is 6.65. The number of rotatable bonds is 2. The molecule has 3 unspecified atom stereocenters. The van der Waals surface area contributed by atoms with Gasteiger partial charge < -0.3 is 0 Å². The molecule has 1 aliphatic rings. The van der Waals surface area contributed by atoms with E-state index in [1.807, 2.05) is 6.07 Å². The van der Waals surface area contributed by atoms with Crippen molar-refractivity contribution in [2.24, 2.45) is 11.8 Å². The molecule has 1 aromatic carbocycles. The molecule has 0 spiro atoms. The van der Waals surface area contributed by atoms with Crippen molar-refractivity contribution in [2.75, 3.05) is 6.54 Å². The standard InChI is InChI=1S/C15H21BrFN/c1-10-6-11(2)12(3)18(8-10)9-13-4-5-14(17)7-15(13)16/h4-5,7,10-12H,6,8-9H2,1-3H3. The summed E-state index contributed by atoms with van der Waals surface area (Å²) >= 11 is 3.46. The zero-order valence-corrected chi connectivity index (χ0v) is 12.9. The Morgan fingerprint density at radius 1 is 1.33 bits per heavy atom. The second kappa shape index (κ2) is 5.70. The largest absolute Gasteiger partial charge is 0.296 e. The number of halogens is 2. The summed E-state index contributed by atoms with van der Waals surface area (Å²) in [6.07, 6.45) is 1.31. The molecule has 0 aromatic heterocycles. The van der Waals surface area contributed by atoms with Gasteiger partial charge in [0.25, 0.3) is 0 Å². The number of likely N-dealkylation sites (tertiary alicyclic amines) is 1. The van der Waals surface area contributed by atoms with Crippen LogP contribution in [-0.2, 0) is 6.54 Å². The zero-order valence-electron chi connectivity index (χ0n) is 11.3. The van der Waals surface area contributed by atoms with Crippen LogP contribution >= 0.6 is 15.9 Å². The van der Waals surface area contributed by atoms with E-state index in [4.69, 9.17) is 0 Å². The molecular formula is C15H21BrFN. The van der Waals surface area contributed by atoms with Gasteiger partial charge in [-0.3, -0.25) is 4.90 Å². The van der Waals surface area contributed by atoms with E-state index in [-0.39, 0.29) is 5.82 Å². The fourth-order valence-electron chi connectivity index (χ4n) is 2.91. The molecule has 1 heterocycles. The first-order valence-corrected chi connectivity index (χ1v) is 7.44. The summed E-state index contributed by atoms with van der Waals surface area (Å²) in [6.45, 7) is 8.97. The lowest BCUT2D eigenvalue weighted by molar-refractivity contribution is 0.0727. The summed E-state index contributed by atoms with van der Waals surface area (Å²) in [5, 5.41) is 0. The molecule has 1 aromatic rings. The van der Waals surface area contributed by atoms with Crippen molar-refractivity contribution >= 4 is 15.9 Å². The predicted molar refractivity (Wildman–Crippen MR) is 76.9 cm³/mol. The Labute approximate surface area is 118 Å². The van der Waals surface area contributed by atoms with Crippen molar-refractivity contribution < 1.29 is 4.39 Å². The average molecular weight is 314 g/mol. The van der Waals surface area contributed by atoms with E-state index < -0.39 is 0 Å². The van der Waals surface area contributed by atoms with Crippen molar-refractivity contribution in [1.82, 2.24) is 4.90 Å². The van der Waals surface area contributed by atoms with Gasteiger partial charge in [-0.1, -0.05) is 35.8 Å². The first-order chi connectivity index (χ1) is 8.47. The summed E-state index contributed by atoms with van der Waals surface area (Å²) in [7, 11) is 0. The first kappa shape index (κ1) is 14.0. The smallest absolute Gasteiger partial charge is 0.124 e. The van der Waals surface area contributed by atoms with E-state index in [2.05, 4.69) is 41.6 Å². The van der Waals surface area contributed by atoms with Crippen molar-refractivity contribution in [1.29, 1.82) is 0 Å². The van der Waals surface area contributed by atoms with Gasteiger partial charge in [-0.2, -0.15) is 0 Å². The van der Waals surface area contributed by atoms with E-state index in [1.165, 1.54) is 12.0 Å². The third-order valence-corrected chi connectivity index (χ3v) is 4.85. The van der Waals surface area contributed by atoms with Gasteiger partial charge in [0.05, 0.1) is 0 Å². The average Bonchev–Trinajstić information content (AvgIpc) is 2.29. The SMILES string of the molecule is CC1CC(C)C(C)N(Cc2ccc(F)cc2Br)C1. The molecule has 1 nitrogen and oxygen atoms in total. The number of hydrogen-bond acceptors (Lipinski definition) is 1. The highest BCUT2D eigenvalue weighted by atomic mass is 79.9. The molecule has 0 saturated carbocycles. The summed E-state index contributed by atoms with van der Waals surface area (Å²) in [5.74, 6) is 1.29. The summed E-state index contributed by atoms with van der Waals surface area (Å²) in [5.41, 5.74) is 1.17. The fourth-order valence-corrected chi connectivity index (χ4v) is 3.39. The van der Waals surface area contributed by atoms with E-state index in [9.17, 15) is 4.39 Å². The van der Waals surface area contributed by atoms with Gasteiger partial charge in [-0.05, 0) is 42.9 Å². The minimum atomic E-state index is -0.181. The Morgan fingerprint density at radius 2 is 2.06 bits per heavy atom. The van der Waals surface area contributed by atoms with Gasteiger partial charge in [-0.25, -0.2) is 4.39 Å². The highest BCUT2D eigenvalue weighted by molar-refractivity contribution is 9.10. The van der Waals surface area contributed by atoms with E-state index in [0.717, 1.165) is 29.4 Å². The molecule has 0 radical (unpaired) electrons. The second-order valence-corrected chi connectivity index (χ2v) is 6.58. The molecule has 0 amide bonds. The third-order valence-electron chi connectivity index (χ3n) is 4.11. The molecule has 0 bridgehead atoms. The lowest BCUT2D eigenvalue weighted by Gasteiger charge is -2.41. The topological polar surface area (TPSA) is 3.24 Å². The van der Waals surface area contributed by atoms with Crippen LogP contribution in [-0.4, -0.2) is 17.5 Å². The highest BCUT2D eigenvalue weighted by Gasteiger charge is 2.28. The lowest BCUT2D eigenvalue weighted by atomic mass is 9.86. The molecule has 1 saturated heterocycles. The van der Waals surface area contributed by atoms with Crippen molar-refractivity contribution in [3.8, 4) is 0 Å². The summed E-state index contributed by atoms with van der Waals surface area (Å²) in [4.78, 5) is 2.51. The Morgan fingerprint density at radius 3 is 2.72 bits per heavy atom. The third kappa shape index (κ3) is 3.12. The van der Waals surface area contributed by atoms with E-state index in [0.29, 0.717) is 6.04 Å². The van der Waals surface area contributed by atoms with Crippen LogP contribution in [0.5, 0.6) is 0 Å². The van der Waals surface area contributed by atoms with Crippen LogP contribution in [0.3, 0.4) is 0 Å². The van der Waals surface area contributed by atoms with Crippen molar-refractivity contribution in [3.05, 3.63) is 34.1 Å². The minimum Gasteiger partial charge on any atom is -0.296 e. The molecule has 2 rings (SSSR count). The molecule has 100 valence electrons. The van der Waals surface area contributed by atoms with Gasteiger partial charge >= 0.3 is 0 Å². The predicted octanol–water partition coefficient (Wildman–Crippen LogP) is 4.45. The van der Waals surface area contributed by atoms with Crippen LogP contribution in [0.1, 0.15) is 32.8 Å². The van der Waals surface area contributed by atoms with Crippen LogP contribution < -0.4 is 0 Å². The maximum Gasteiger partial charge on any atom is 0.124 e. The van der Waals surface area contributed by atoms with Gasteiger partial charge in [0.15, 0.2) is 0 Å². The van der Waals surface area contributed by atoms with Gasteiger partial charge in [0.2, 0.25) is 0 Å². The van der Waals surface area contributed by atoms with Gasteiger partial charge in [-0.15, -0.1) is 0 Å². The van der Waals surface area contributed by atoms with Crippen LogP contribution in [0.2, 0.25) is 0 Å². The van der Waals surface area contributed by atoms with Crippen LogP contribution in [0.25, 0.3) is 0 Å². The van der Waals surface area contributed by atoms with Gasteiger partial charge in [0.1, 0.15) is 5.82 Å². The number of benzene rings is 1. The Hall–Kier alpha value is -0.410.